The molecule has 1 atom stereocenters. The van der Waals surface area contributed by atoms with E-state index in [1.165, 1.54) is 6.42 Å². The summed E-state index contributed by atoms with van der Waals surface area (Å²) in [7, 11) is 0. The van der Waals surface area contributed by atoms with Crippen LogP contribution in [0.25, 0.3) is 0 Å². The molecule has 0 aliphatic heterocycles. The molecule has 0 aromatic rings. The number of ether oxygens (including phenoxy) is 2. The van der Waals surface area contributed by atoms with E-state index in [1.54, 1.807) is 6.92 Å². The summed E-state index contributed by atoms with van der Waals surface area (Å²) in [6.45, 7) is 5.77. The lowest BCUT2D eigenvalue weighted by Crippen LogP contribution is -2.36. The fourth-order valence-electron chi connectivity index (χ4n) is 2.24. The molecule has 0 heterocycles. The van der Waals surface area contributed by atoms with Gasteiger partial charge in [0, 0.05) is 5.92 Å². The lowest BCUT2D eigenvalue weighted by molar-refractivity contribution is -0.174. The Kier molecular flexibility index (Phi) is 6.16. The van der Waals surface area contributed by atoms with Crippen LogP contribution in [0, 0.1) is 11.8 Å². The Morgan fingerprint density at radius 1 is 1.17 bits per heavy atom. The lowest BCUT2D eigenvalue weighted by Gasteiger charge is -2.24. The number of hydrogen-bond donors (Lipinski definition) is 0. The van der Waals surface area contributed by atoms with Crippen molar-refractivity contribution in [3.05, 3.63) is 0 Å². The summed E-state index contributed by atoms with van der Waals surface area (Å²) in [5.41, 5.74) is 0. The highest BCUT2D eigenvalue weighted by Crippen LogP contribution is 2.25. The third-order valence-corrected chi connectivity index (χ3v) is 3.31. The first-order valence-electron chi connectivity index (χ1n) is 6.93. The number of carbonyl (C=O) groups is 2. The van der Waals surface area contributed by atoms with Crippen LogP contribution in [0.5, 0.6) is 0 Å². The van der Waals surface area contributed by atoms with E-state index in [0.717, 1.165) is 25.7 Å². The number of esters is 2. The molecular weight excluding hydrogens is 232 g/mol. The molecule has 1 aliphatic carbocycles. The van der Waals surface area contributed by atoms with Gasteiger partial charge in [-0.25, -0.2) is 4.79 Å². The van der Waals surface area contributed by atoms with Gasteiger partial charge in [-0.3, -0.25) is 4.79 Å². The normalized spacial score (nSPS) is 18.4. The molecule has 18 heavy (non-hydrogen) atoms. The van der Waals surface area contributed by atoms with Crippen molar-refractivity contribution in [1.29, 1.82) is 0 Å². The molecule has 0 unspecified atom stereocenters. The van der Waals surface area contributed by atoms with Crippen molar-refractivity contribution in [2.75, 3.05) is 6.61 Å². The Bertz CT molecular complexity index is 280. The zero-order valence-corrected chi connectivity index (χ0v) is 11.6. The molecule has 0 radical (unpaired) electrons. The first-order chi connectivity index (χ1) is 8.56. The van der Waals surface area contributed by atoms with Crippen LogP contribution in [0.4, 0.5) is 0 Å². The Hall–Kier alpha value is -1.06. The van der Waals surface area contributed by atoms with Crippen molar-refractivity contribution in [3.8, 4) is 0 Å². The Balaban J connectivity index is 2.54. The van der Waals surface area contributed by atoms with Gasteiger partial charge in [0.05, 0.1) is 12.5 Å². The zero-order valence-electron chi connectivity index (χ0n) is 11.6. The first kappa shape index (κ1) is 15.0. The van der Waals surface area contributed by atoms with E-state index in [1.807, 2.05) is 13.8 Å². The van der Waals surface area contributed by atoms with Gasteiger partial charge in [0.25, 0.3) is 0 Å². The monoisotopic (exact) mass is 256 g/mol. The van der Waals surface area contributed by atoms with Crippen LogP contribution in [-0.2, 0) is 19.1 Å². The molecule has 1 saturated carbocycles. The molecule has 1 fully saturated rings. The molecule has 4 nitrogen and oxygen atoms in total. The summed E-state index contributed by atoms with van der Waals surface area (Å²) in [4.78, 5) is 23.7. The molecule has 1 rings (SSSR count). The van der Waals surface area contributed by atoms with Crippen molar-refractivity contribution in [2.45, 2.75) is 59.0 Å². The summed E-state index contributed by atoms with van der Waals surface area (Å²) in [5, 5.41) is 0. The van der Waals surface area contributed by atoms with Crippen LogP contribution < -0.4 is 0 Å². The minimum absolute atomic E-state index is 0.0329. The fourth-order valence-corrected chi connectivity index (χ4v) is 2.24. The standard InChI is InChI=1S/C14H24O4/c1-4-17-14(16)12(10(2)3)18-13(15)11-8-6-5-7-9-11/h10-12H,4-9H2,1-3H3/t12-/m0/s1. The maximum Gasteiger partial charge on any atom is 0.347 e. The maximum absolute atomic E-state index is 12.0. The van der Waals surface area contributed by atoms with Crippen LogP contribution in [-0.4, -0.2) is 24.6 Å². The minimum atomic E-state index is -0.764. The van der Waals surface area contributed by atoms with E-state index in [4.69, 9.17) is 9.47 Å². The Morgan fingerprint density at radius 3 is 2.28 bits per heavy atom. The van der Waals surface area contributed by atoms with Gasteiger partial charge < -0.3 is 9.47 Å². The van der Waals surface area contributed by atoms with Gasteiger partial charge in [-0.1, -0.05) is 33.1 Å². The molecule has 4 heteroatoms. The molecule has 104 valence electrons. The van der Waals surface area contributed by atoms with Crippen LogP contribution in [0.1, 0.15) is 52.9 Å². The topological polar surface area (TPSA) is 52.6 Å². The van der Waals surface area contributed by atoms with Crippen molar-refractivity contribution >= 4 is 11.9 Å². The predicted octanol–water partition coefficient (Wildman–Crippen LogP) is 2.70. The van der Waals surface area contributed by atoms with Crippen LogP contribution in [0.2, 0.25) is 0 Å². The largest absolute Gasteiger partial charge is 0.463 e. The summed E-state index contributed by atoms with van der Waals surface area (Å²) in [5.74, 6) is -0.760. The van der Waals surface area contributed by atoms with E-state index in [2.05, 4.69) is 0 Å². The highest BCUT2D eigenvalue weighted by Gasteiger charge is 2.31. The highest BCUT2D eigenvalue weighted by atomic mass is 16.6. The molecule has 0 saturated heterocycles. The van der Waals surface area contributed by atoms with Crippen LogP contribution >= 0.6 is 0 Å². The van der Waals surface area contributed by atoms with E-state index in [0.29, 0.717) is 6.61 Å². The molecule has 0 N–H and O–H groups in total. The van der Waals surface area contributed by atoms with Gasteiger partial charge in [-0.15, -0.1) is 0 Å². The predicted molar refractivity (Wildman–Crippen MR) is 67.9 cm³/mol. The smallest absolute Gasteiger partial charge is 0.347 e. The zero-order chi connectivity index (χ0) is 13.5. The molecule has 0 bridgehead atoms. The molecular formula is C14H24O4. The second-order valence-corrected chi connectivity index (χ2v) is 5.19. The Labute approximate surface area is 109 Å². The van der Waals surface area contributed by atoms with Crippen molar-refractivity contribution in [3.63, 3.8) is 0 Å². The van der Waals surface area contributed by atoms with Gasteiger partial charge in [-0.2, -0.15) is 0 Å². The third kappa shape index (κ3) is 4.31. The van der Waals surface area contributed by atoms with Crippen molar-refractivity contribution < 1.29 is 19.1 Å². The summed E-state index contributed by atoms with van der Waals surface area (Å²) >= 11 is 0. The molecule has 0 aromatic heterocycles. The molecule has 1 aliphatic rings. The molecule has 0 spiro atoms. The highest BCUT2D eigenvalue weighted by molar-refractivity contribution is 5.80. The average molecular weight is 256 g/mol. The van der Waals surface area contributed by atoms with E-state index < -0.39 is 12.1 Å². The van der Waals surface area contributed by atoms with E-state index in [-0.39, 0.29) is 17.8 Å². The quantitative estimate of drug-likeness (QED) is 0.710. The number of carbonyl (C=O) groups excluding carboxylic acids is 2. The van der Waals surface area contributed by atoms with Gasteiger partial charge >= 0.3 is 11.9 Å². The third-order valence-electron chi connectivity index (χ3n) is 3.31. The van der Waals surface area contributed by atoms with Gasteiger partial charge in [0.1, 0.15) is 0 Å². The first-order valence-corrected chi connectivity index (χ1v) is 6.93. The summed E-state index contributed by atoms with van der Waals surface area (Å²) in [6, 6.07) is 0. The van der Waals surface area contributed by atoms with Gasteiger partial charge in [0.15, 0.2) is 0 Å². The maximum atomic E-state index is 12.0. The van der Waals surface area contributed by atoms with Crippen LogP contribution in [0.3, 0.4) is 0 Å². The van der Waals surface area contributed by atoms with E-state index in [9.17, 15) is 9.59 Å². The minimum Gasteiger partial charge on any atom is -0.463 e. The van der Waals surface area contributed by atoms with Gasteiger partial charge in [-0.05, 0) is 19.8 Å². The van der Waals surface area contributed by atoms with Crippen molar-refractivity contribution in [1.82, 2.24) is 0 Å². The summed E-state index contributed by atoms with van der Waals surface area (Å²) < 4.78 is 10.3. The molecule has 0 amide bonds. The lowest BCUT2D eigenvalue weighted by atomic mass is 9.89. The number of hydrogen-bond acceptors (Lipinski definition) is 4. The SMILES string of the molecule is CCOC(=O)[C@@H](OC(=O)C1CCCCC1)C(C)C. The average Bonchev–Trinajstić information content (AvgIpc) is 2.36. The number of rotatable bonds is 5. The Morgan fingerprint density at radius 2 is 1.78 bits per heavy atom. The second-order valence-electron chi connectivity index (χ2n) is 5.19. The van der Waals surface area contributed by atoms with E-state index >= 15 is 0 Å². The fraction of sp³-hybridized carbons (Fsp3) is 0.857. The van der Waals surface area contributed by atoms with Gasteiger partial charge in [0.2, 0.25) is 6.10 Å². The second kappa shape index (κ2) is 7.39. The summed E-state index contributed by atoms with van der Waals surface area (Å²) in [6.07, 6.45) is 4.34. The van der Waals surface area contributed by atoms with Crippen molar-refractivity contribution in [2.24, 2.45) is 11.8 Å². The van der Waals surface area contributed by atoms with Crippen LogP contribution in [0.15, 0.2) is 0 Å². The molecule has 0 aromatic carbocycles.